The van der Waals surface area contributed by atoms with Crippen molar-refractivity contribution in [2.24, 2.45) is 0 Å². The van der Waals surface area contributed by atoms with Crippen LogP contribution in [0.1, 0.15) is 62.5 Å². The molecule has 1 N–H and O–H groups in total. The third-order valence-electron chi connectivity index (χ3n) is 4.39. The third kappa shape index (κ3) is 3.87. The van der Waals surface area contributed by atoms with Crippen LogP contribution in [0.2, 0.25) is 0 Å². The van der Waals surface area contributed by atoms with Crippen LogP contribution < -0.4 is 5.32 Å². The van der Waals surface area contributed by atoms with Crippen molar-refractivity contribution in [1.82, 2.24) is 5.32 Å². The first-order chi connectivity index (χ1) is 9.86. The molecule has 1 heteroatoms. The molecule has 20 heavy (non-hydrogen) atoms. The van der Waals surface area contributed by atoms with Gasteiger partial charge in [-0.15, -0.1) is 12.3 Å². The number of unbranched alkanes of at least 4 members (excludes halogenated alkanes) is 1. The number of hydrogen-bond acceptors (Lipinski definition) is 1. The van der Waals surface area contributed by atoms with Crippen molar-refractivity contribution in [2.45, 2.75) is 63.8 Å². The zero-order valence-corrected chi connectivity index (χ0v) is 12.7. The molecule has 108 valence electrons. The summed E-state index contributed by atoms with van der Waals surface area (Å²) in [6.07, 6.45) is 13.7. The summed E-state index contributed by atoms with van der Waals surface area (Å²) in [5.41, 5.74) is 3.14. The van der Waals surface area contributed by atoms with Crippen molar-refractivity contribution in [3.63, 3.8) is 0 Å². The van der Waals surface area contributed by atoms with Crippen LogP contribution in [0.15, 0.2) is 24.3 Å². The molecule has 0 heterocycles. The van der Waals surface area contributed by atoms with Gasteiger partial charge in [0.2, 0.25) is 0 Å². The van der Waals surface area contributed by atoms with Gasteiger partial charge in [0.05, 0.1) is 0 Å². The summed E-state index contributed by atoms with van der Waals surface area (Å²) in [4.78, 5) is 0. The first kappa shape index (κ1) is 15.1. The quantitative estimate of drug-likeness (QED) is 0.575. The van der Waals surface area contributed by atoms with E-state index in [-0.39, 0.29) is 0 Å². The fourth-order valence-electron chi connectivity index (χ4n) is 3.41. The molecule has 2 unspecified atom stereocenters. The second-order valence-electron chi connectivity index (χ2n) is 5.85. The Morgan fingerprint density at radius 1 is 1.40 bits per heavy atom. The van der Waals surface area contributed by atoms with E-state index in [1.165, 1.54) is 32.1 Å². The largest absolute Gasteiger partial charge is 0.313 e. The molecule has 1 aliphatic carbocycles. The summed E-state index contributed by atoms with van der Waals surface area (Å²) in [6, 6.07) is 9.59. The molecule has 0 bridgehead atoms. The van der Waals surface area contributed by atoms with Gasteiger partial charge in [-0.1, -0.05) is 31.2 Å². The van der Waals surface area contributed by atoms with E-state index in [9.17, 15) is 0 Å². The highest BCUT2D eigenvalue weighted by molar-refractivity contribution is 5.33. The molecule has 0 aliphatic heterocycles. The van der Waals surface area contributed by atoms with Gasteiger partial charge in [-0.05, 0) is 62.1 Å². The van der Waals surface area contributed by atoms with Crippen LogP contribution in [-0.2, 0) is 6.42 Å². The Balaban J connectivity index is 2.10. The molecule has 1 nitrogen and oxygen atoms in total. The SMILES string of the molecule is C#CCCCC(NCCC)C1CCCc2ccccc21. The van der Waals surface area contributed by atoms with Crippen LogP contribution in [0.25, 0.3) is 0 Å². The van der Waals surface area contributed by atoms with Gasteiger partial charge in [0.25, 0.3) is 0 Å². The van der Waals surface area contributed by atoms with Gasteiger partial charge in [-0.2, -0.15) is 0 Å². The summed E-state index contributed by atoms with van der Waals surface area (Å²) in [7, 11) is 0. The fourth-order valence-corrected chi connectivity index (χ4v) is 3.41. The van der Waals surface area contributed by atoms with Crippen LogP contribution in [0.5, 0.6) is 0 Å². The molecule has 1 aromatic rings. The Kier molecular flexibility index (Phi) is 6.15. The lowest BCUT2D eigenvalue weighted by Gasteiger charge is -2.33. The summed E-state index contributed by atoms with van der Waals surface area (Å²) in [6.45, 7) is 3.35. The summed E-state index contributed by atoms with van der Waals surface area (Å²) in [5, 5.41) is 3.77. The van der Waals surface area contributed by atoms with E-state index < -0.39 is 0 Å². The molecular weight excluding hydrogens is 242 g/mol. The van der Waals surface area contributed by atoms with Crippen LogP contribution in [0, 0.1) is 12.3 Å². The van der Waals surface area contributed by atoms with Crippen molar-refractivity contribution < 1.29 is 0 Å². The fraction of sp³-hybridized carbons (Fsp3) is 0.579. The Labute approximate surface area is 124 Å². The lowest BCUT2D eigenvalue weighted by molar-refractivity contribution is 0.368. The summed E-state index contributed by atoms with van der Waals surface area (Å²) >= 11 is 0. The van der Waals surface area contributed by atoms with Crippen LogP contribution in [0.3, 0.4) is 0 Å². The molecule has 0 radical (unpaired) electrons. The standard InChI is InChI=1S/C19H27N/c1-3-5-6-14-19(20-15-4-2)18-13-9-11-16-10-7-8-12-17(16)18/h1,7-8,10,12,18-20H,4-6,9,11,13-15H2,2H3. The van der Waals surface area contributed by atoms with Gasteiger partial charge < -0.3 is 5.32 Å². The smallest absolute Gasteiger partial charge is 0.0136 e. The normalized spacial score (nSPS) is 19.1. The van der Waals surface area contributed by atoms with Gasteiger partial charge in [0.15, 0.2) is 0 Å². The van der Waals surface area contributed by atoms with Gasteiger partial charge in [0.1, 0.15) is 0 Å². The first-order valence-corrected chi connectivity index (χ1v) is 8.11. The molecule has 0 amide bonds. The minimum absolute atomic E-state index is 0.588. The summed E-state index contributed by atoms with van der Waals surface area (Å²) < 4.78 is 0. The Morgan fingerprint density at radius 2 is 2.25 bits per heavy atom. The van der Waals surface area contributed by atoms with E-state index >= 15 is 0 Å². The van der Waals surface area contributed by atoms with Gasteiger partial charge in [-0.25, -0.2) is 0 Å². The number of fused-ring (bicyclic) bond motifs is 1. The topological polar surface area (TPSA) is 12.0 Å². The van der Waals surface area contributed by atoms with E-state index in [4.69, 9.17) is 6.42 Å². The maximum absolute atomic E-state index is 5.40. The molecule has 0 aromatic heterocycles. The predicted octanol–water partition coefficient (Wildman–Crippen LogP) is 4.28. The van der Waals surface area contributed by atoms with E-state index in [2.05, 4.69) is 42.4 Å². The monoisotopic (exact) mass is 269 g/mol. The Morgan fingerprint density at radius 3 is 3.05 bits per heavy atom. The van der Waals surface area contributed by atoms with Gasteiger partial charge in [-0.3, -0.25) is 0 Å². The van der Waals surface area contributed by atoms with E-state index in [0.717, 1.165) is 19.4 Å². The van der Waals surface area contributed by atoms with E-state index in [0.29, 0.717) is 12.0 Å². The molecule has 1 aromatic carbocycles. The number of nitrogens with one attached hydrogen (secondary N) is 1. The lowest BCUT2D eigenvalue weighted by atomic mass is 9.77. The number of rotatable bonds is 7. The minimum atomic E-state index is 0.588. The third-order valence-corrected chi connectivity index (χ3v) is 4.39. The van der Waals surface area contributed by atoms with Gasteiger partial charge >= 0.3 is 0 Å². The second-order valence-corrected chi connectivity index (χ2v) is 5.85. The molecule has 1 aliphatic rings. The molecule has 0 spiro atoms. The molecule has 2 atom stereocenters. The van der Waals surface area contributed by atoms with E-state index in [1.54, 1.807) is 11.1 Å². The Hall–Kier alpha value is -1.26. The molecule has 0 fully saturated rings. The molecule has 0 saturated carbocycles. The van der Waals surface area contributed by atoms with Gasteiger partial charge in [0, 0.05) is 12.5 Å². The minimum Gasteiger partial charge on any atom is -0.313 e. The van der Waals surface area contributed by atoms with Crippen LogP contribution in [0.4, 0.5) is 0 Å². The zero-order valence-electron chi connectivity index (χ0n) is 12.7. The number of hydrogen-bond donors (Lipinski definition) is 1. The molecule has 0 saturated heterocycles. The zero-order chi connectivity index (χ0) is 14.2. The second kappa shape index (κ2) is 8.12. The van der Waals surface area contributed by atoms with E-state index in [1.807, 2.05) is 0 Å². The average molecular weight is 269 g/mol. The predicted molar refractivity (Wildman–Crippen MR) is 86.9 cm³/mol. The highest BCUT2D eigenvalue weighted by atomic mass is 14.9. The Bertz CT molecular complexity index is 443. The van der Waals surface area contributed by atoms with Crippen molar-refractivity contribution >= 4 is 0 Å². The number of aryl methyl sites for hydroxylation is 1. The lowest BCUT2D eigenvalue weighted by Crippen LogP contribution is -2.37. The highest BCUT2D eigenvalue weighted by Gasteiger charge is 2.26. The highest BCUT2D eigenvalue weighted by Crippen LogP contribution is 2.35. The average Bonchev–Trinajstić information content (AvgIpc) is 2.50. The van der Waals surface area contributed by atoms with Crippen molar-refractivity contribution in [2.75, 3.05) is 6.54 Å². The van der Waals surface area contributed by atoms with Crippen LogP contribution >= 0.6 is 0 Å². The number of benzene rings is 1. The first-order valence-electron chi connectivity index (χ1n) is 8.11. The molecule has 2 rings (SSSR count). The summed E-state index contributed by atoms with van der Waals surface area (Å²) in [5.74, 6) is 3.44. The van der Waals surface area contributed by atoms with Crippen molar-refractivity contribution in [3.05, 3.63) is 35.4 Å². The number of terminal acetylenes is 1. The molecular formula is C19H27N. The van der Waals surface area contributed by atoms with Crippen molar-refractivity contribution in [1.29, 1.82) is 0 Å². The van der Waals surface area contributed by atoms with Crippen LogP contribution in [-0.4, -0.2) is 12.6 Å². The van der Waals surface area contributed by atoms with Crippen molar-refractivity contribution in [3.8, 4) is 12.3 Å². The maximum Gasteiger partial charge on any atom is 0.0136 e. The maximum atomic E-state index is 5.40.